The predicted octanol–water partition coefficient (Wildman–Crippen LogP) is 2.54. The van der Waals surface area contributed by atoms with Crippen molar-refractivity contribution in [1.82, 2.24) is 4.98 Å². The number of hydrogen-bond donors (Lipinski definition) is 2. The largest absolute Gasteiger partial charge is 0.504 e. The second-order valence-electron chi connectivity index (χ2n) is 4.16. The highest BCUT2D eigenvalue weighted by Gasteiger charge is 2.17. The van der Waals surface area contributed by atoms with Gasteiger partial charge in [0.1, 0.15) is 11.6 Å². The van der Waals surface area contributed by atoms with Gasteiger partial charge >= 0.3 is 0 Å². The molecule has 0 fully saturated rings. The minimum Gasteiger partial charge on any atom is -0.504 e. The number of hydrogen-bond acceptors (Lipinski definition) is 4. The van der Waals surface area contributed by atoms with Gasteiger partial charge in [-0.1, -0.05) is 0 Å². The average molecular weight is 382 g/mol. The summed E-state index contributed by atoms with van der Waals surface area (Å²) in [6.07, 6.45) is 0. The number of benzene rings is 1. The minimum atomic E-state index is -0.436. The van der Waals surface area contributed by atoms with Crippen LogP contribution < -0.4 is 10.3 Å². The van der Waals surface area contributed by atoms with E-state index in [9.17, 15) is 9.90 Å². The standard InChI is InChI=1S/C14H11IN2O3/c1-7-5-9(10(6-16)14(19)17-7)8-3-4-11(20-2)13(18)12(8)15/h3-5,18H,1-2H3,(H,17,19). The van der Waals surface area contributed by atoms with Gasteiger partial charge in [-0.3, -0.25) is 4.79 Å². The van der Waals surface area contributed by atoms with Crippen LogP contribution in [0.2, 0.25) is 0 Å². The second-order valence-corrected chi connectivity index (χ2v) is 5.24. The molecule has 2 N–H and O–H groups in total. The summed E-state index contributed by atoms with van der Waals surface area (Å²) in [6, 6.07) is 6.94. The average Bonchev–Trinajstić information content (AvgIpc) is 2.41. The first kappa shape index (κ1) is 14.4. The highest BCUT2D eigenvalue weighted by molar-refractivity contribution is 14.1. The van der Waals surface area contributed by atoms with Gasteiger partial charge in [-0.05, 0) is 47.7 Å². The summed E-state index contributed by atoms with van der Waals surface area (Å²) in [5.41, 5.74) is 1.35. The lowest BCUT2D eigenvalue weighted by atomic mass is 10.0. The first-order valence-electron chi connectivity index (χ1n) is 5.69. The van der Waals surface area contributed by atoms with E-state index in [2.05, 4.69) is 4.98 Å². The van der Waals surface area contributed by atoms with Crippen LogP contribution in [0.5, 0.6) is 11.5 Å². The highest BCUT2D eigenvalue weighted by atomic mass is 127. The molecule has 0 aliphatic rings. The number of rotatable bonds is 2. The van der Waals surface area contributed by atoms with Crippen molar-refractivity contribution in [2.75, 3.05) is 7.11 Å². The lowest BCUT2D eigenvalue weighted by Crippen LogP contribution is -2.13. The van der Waals surface area contributed by atoms with Crippen LogP contribution in [0.1, 0.15) is 11.3 Å². The Balaban J connectivity index is 2.79. The molecule has 0 saturated heterocycles. The number of aromatic nitrogens is 1. The Hall–Kier alpha value is -2.01. The van der Waals surface area contributed by atoms with Crippen molar-refractivity contribution in [2.24, 2.45) is 0 Å². The Morgan fingerprint density at radius 3 is 2.70 bits per heavy atom. The van der Waals surface area contributed by atoms with Gasteiger partial charge in [0.2, 0.25) is 0 Å². The van der Waals surface area contributed by atoms with E-state index in [0.717, 1.165) is 0 Å². The molecule has 0 amide bonds. The molecule has 0 bridgehead atoms. The maximum absolute atomic E-state index is 11.8. The molecule has 6 heteroatoms. The zero-order chi connectivity index (χ0) is 14.9. The Bertz CT molecular complexity index is 775. The van der Waals surface area contributed by atoms with Gasteiger partial charge in [0.25, 0.3) is 5.56 Å². The van der Waals surface area contributed by atoms with Crippen LogP contribution in [-0.4, -0.2) is 17.2 Å². The molecule has 102 valence electrons. The van der Waals surface area contributed by atoms with Crippen LogP contribution in [-0.2, 0) is 0 Å². The Morgan fingerprint density at radius 2 is 2.10 bits per heavy atom. The Morgan fingerprint density at radius 1 is 1.40 bits per heavy atom. The summed E-state index contributed by atoms with van der Waals surface area (Å²) >= 11 is 1.96. The number of halogens is 1. The number of nitriles is 1. The molecule has 1 heterocycles. The van der Waals surface area contributed by atoms with E-state index < -0.39 is 5.56 Å². The van der Waals surface area contributed by atoms with Crippen molar-refractivity contribution in [3.8, 4) is 28.7 Å². The molecule has 0 aliphatic heterocycles. The number of ether oxygens (including phenoxy) is 1. The monoisotopic (exact) mass is 382 g/mol. The summed E-state index contributed by atoms with van der Waals surface area (Å²) in [7, 11) is 1.46. The van der Waals surface area contributed by atoms with Crippen LogP contribution in [0.15, 0.2) is 23.0 Å². The van der Waals surface area contributed by atoms with Gasteiger partial charge in [0.05, 0.1) is 10.7 Å². The molecule has 2 rings (SSSR count). The molecule has 0 aliphatic carbocycles. The molecule has 0 spiro atoms. The fourth-order valence-electron chi connectivity index (χ4n) is 1.93. The number of phenols is 1. The van der Waals surface area contributed by atoms with Crippen LogP contribution in [0.25, 0.3) is 11.1 Å². The van der Waals surface area contributed by atoms with E-state index in [4.69, 9.17) is 10.00 Å². The van der Waals surface area contributed by atoms with Crippen LogP contribution in [0.4, 0.5) is 0 Å². The molecule has 5 nitrogen and oxygen atoms in total. The number of methoxy groups -OCH3 is 1. The number of aromatic amines is 1. The lowest BCUT2D eigenvalue weighted by molar-refractivity contribution is 0.372. The van der Waals surface area contributed by atoms with Gasteiger partial charge < -0.3 is 14.8 Å². The van der Waals surface area contributed by atoms with E-state index in [-0.39, 0.29) is 11.3 Å². The number of aromatic hydroxyl groups is 1. The lowest BCUT2D eigenvalue weighted by Gasteiger charge is -2.11. The van der Waals surface area contributed by atoms with Crippen molar-refractivity contribution in [3.05, 3.63) is 43.4 Å². The maximum Gasteiger partial charge on any atom is 0.266 e. The summed E-state index contributed by atoms with van der Waals surface area (Å²) < 4.78 is 5.56. The number of aryl methyl sites for hydroxylation is 1. The van der Waals surface area contributed by atoms with Gasteiger partial charge in [0, 0.05) is 16.8 Å². The van der Waals surface area contributed by atoms with Crippen molar-refractivity contribution < 1.29 is 9.84 Å². The van der Waals surface area contributed by atoms with Crippen molar-refractivity contribution in [3.63, 3.8) is 0 Å². The van der Waals surface area contributed by atoms with E-state index in [1.807, 2.05) is 28.7 Å². The number of H-pyrrole nitrogens is 1. The zero-order valence-corrected chi connectivity index (χ0v) is 13.0. The summed E-state index contributed by atoms with van der Waals surface area (Å²) in [5, 5.41) is 19.2. The molecular formula is C14H11IN2O3. The van der Waals surface area contributed by atoms with E-state index >= 15 is 0 Å². The molecule has 2 aromatic rings. The van der Waals surface area contributed by atoms with Crippen LogP contribution in [0, 0.1) is 21.8 Å². The second kappa shape index (κ2) is 5.54. The third-order valence-corrected chi connectivity index (χ3v) is 3.96. The maximum atomic E-state index is 11.8. The summed E-state index contributed by atoms with van der Waals surface area (Å²) in [5.74, 6) is 0.339. The first-order chi connectivity index (χ1) is 9.49. The Labute approximate surface area is 129 Å². The fourth-order valence-corrected chi connectivity index (χ4v) is 2.67. The highest BCUT2D eigenvalue weighted by Crippen LogP contribution is 2.38. The predicted molar refractivity (Wildman–Crippen MR) is 82.9 cm³/mol. The SMILES string of the molecule is COc1ccc(-c2cc(C)[nH]c(=O)c2C#N)c(I)c1O. The van der Waals surface area contributed by atoms with Gasteiger partial charge in [-0.25, -0.2) is 0 Å². The van der Waals surface area contributed by atoms with Crippen LogP contribution >= 0.6 is 22.6 Å². The first-order valence-corrected chi connectivity index (χ1v) is 6.77. The quantitative estimate of drug-likeness (QED) is 0.782. The van der Waals surface area contributed by atoms with E-state index in [1.54, 1.807) is 25.1 Å². The van der Waals surface area contributed by atoms with Gasteiger partial charge in [-0.15, -0.1) is 0 Å². The van der Waals surface area contributed by atoms with Gasteiger partial charge in [0.15, 0.2) is 11.5 Å². The molecule has 0 radical (unpaired) electrons. The van der Waals surface area contributed by atoms with Crippen molar-refractivity contribution >= 4 is 22.6 Å². The molecule has 0 atom stereocenters. The van der Waals surface area contributed by atoms with Crippen molar-refractivity contribution in [2.45, 2.75) is 6.92 Å². The van der Waals surface area contributed by atoms with E-state index in [0.29, 0.717) is 26.1 Å². The third kappa shape index (κ3) is 2.36. The van der Waals surface area contributed by atoms with Crippen molar-refractivity contribution in [1.29, 1.82) is 5.26 Å². The number of pyridine rings is 1. The molecule has 20 heavy (non-hydrogen) atoms. The molecular weight excluding hydrogens is 371 g/mol. The molecule has 0 saturated carbocycles. The molecule has 0 unspecified atom stereocenters. The van der Waals surface area contributed by atoms with Crippen LogP contribution in [0.3, 0.4) is 0 Å². The fraction of sp³-hybridized carbons (Fsp3) is 0.143. The Kier molecular flexibility index (Phi) is 3.99. The smallest absolute Gasteiger partial charge is 0.266 e. The zero-order valence-electron chi connectivity index (χ0n) is 10.8. The summed E-state index contributed by atoms with van der Waals surface area (Å²) in [4.78, 5) is 14.4. The topological polar surface area (TPSA) is 86.1 Å². The third-order valence-electron chi connectivity index (χ3n) is 2.87. The van der Waals surface area contributed by atoms with Gasteiger partial charge in [-0.2, -0.15) is 5.26 Å². The van der Waals surface area contributed by atoms with E-state index in [1.165, 1.54) is 7.11 Å². The number of nitrogens with zero attached hydrogens (tertiary/aromatic N) is 1. The minimum absolute atomic E-state index is 0.00701. The number of phenolic OH excluding ortho intramolecular Hbond substituents is 1. The summed E-state index contributed by atoms with van der Waals surface area (Å²) in [6.45, 7) is 1.74. The molecule has 1 aromatic heterocycles. The normalized spacial score (nSPS) is 10.1. The molecule has 1 aromatic carbocycles. The number of nitrogens with one attached hydrogen (secondary N) is 1.